The van der Waals surface area contributed by atoms with E-state index >= 15 is 0 Å². The summed E-state index contributed by atoms with van der Waals surface area (Å²) in [6.45, 7) is 0. The molecule has 182 valence electrons. The third kappa shape index (κ3) is 4.72. The lowest BCUT2D eigenvalue weighted by atomic mass is 9.92. The molecule has 1 aliphatic rings. The number of thioether (sulfide) groups is 1. The van der Waals surface area contributed by atoms with Crippen molar-refractivity contribution in [1.29, 1.82) is 0 Å². The second-order valence-electron chi connectivity index (χ2n) is 8.21. The van der Waals surface area contributed by atoms with Crippen LogP contribution in [0.2, 0.25) is 0 Å². The molecule has 0 aliphatic carbocycles. The summed E-state index contributed by atoms with van der Waals surface area (Å²) in [5, 5.41) is 0. The molecule has 1 aliphatic heterocycles. The molecule has 0 spiro atoms. The molecule has 5 rings (SSSR count). The van der Waals surface area contributed by atoms with Crippen LogP contribution in [0.25, 0.3) is 11.6 Å². The molecule has 4 aromatic rings. The van der Waals surface area contributed by atoms with E-state index in [1.165, 1.54) is 4.90 Å². The van der Waals surface area contributed by atoms with Gasteiger partial charge in [0.25, 0.3) is 10.0 Å². The Hall–Kier alpha value is -3.68. The molecule has 0 bridgehead atoms. The number of hydrogen-bond acceptors (Lipinski definition) is 5. The fourth-order valence-corrected chi connectivity index (χ4v) is 6.49. The van der Waals surface area contributed by atoms with Crippen LogP contribution in [0, 0.1) is 0 Å². The van der Waals surface area contributed by atoms with Gasteiger partial charge in [-0.2, -0.15) is 0 Å². The first-order valence-electron chi connectivity index (χ1n) is 11.4. The largest absolute Gasteiger partial charge is 0.493 e. The van der Waals surface area contributed by atoms with Gasteiger partial charge in [-0.15, -0.1) is 11.8 Å². The minimum atomic E-state index is -3.69. The maximum absolute atomic E-state index is 12.9. The molecular weight excluding hydrogens is 490 g/mol. The van der Waals surface area contributed by atoms with Gasteiger partial charge in [0.1, 0.15) is 0 Å². The van der Waals surface area contributed by atoms with Crippen molar-refractivity contribution in [3.05, 3.63) is 113 Å². The zero-order valence-corrected chi connectivity index (χ0v) is 21.5. The van der Waals surface area contributed by atoms with Gasteiger partial charge in [0.15, 0.2) is 11.5 Å². The van der Waals surface area contributed by atoms with Crippen LogP contribution in [0.15, 0.2) is 101 Å². The van der Waals surface area contributed by atoms with E-state index in [2.05, 4.69) is 29.0 Å². The predicted molar refractivity (Wildman–Crippen MR) is 146 cm³/mol. The minimum absolute atomic E-state index is 0.221. The molecule has 0 aromatic heterocycles. The molecule has 0 radical (unpaired) electrons. The molecule has 36 heavy (non-hydrogen) atoms. The highest BCUT2D eigenvalue weighted by molar-refractivity contribution is 7.98. The standard InChI is InChI=1S/C29H25NO4S2/c1-33-27-16-15-23-25(24-13-6-7-14-28(24)35-19-26(23)29(27)34-2)18-20-9-8-10-21(17-20)30-36(31,32)22-11-4-3-5-12-22/h3-18,30H,19H2,1-2H3. The number of nitrogens with one attached hydrogen (secondary N) is 1. The highest BCUT2D eigenvalue weighted by Crippen LogP contribution is 2.46. The molecule has 0 fully saturated rings. The molecule has 1 N–H and O–H groups in total. The van der Waals surface area contributed by atoms with Crippen molar-refractivity contribution >= 4 is 39.1 Å². The van der Waals surface area contributed by atoms with E-state index in [4.69, 9.17) is 9.47 Å². The van der Waals surface area contributed by atoms with E-state index in [0.29, 0.717) is 11.4 Å². The number of benzene rings is 4. The number of rotatable bonds is 6. The highest BCUT2D eigenvalue weighted by atomic mass is 32.2. The normalized spacial score (nSPS) is 13.9. The lowest BCUT2D eigenvalue weighted by molar-refractivity contribution is 0.352. The quantitative estimate of drug-likeness (QED) is 0.310. The van der Waals surface area contributed by atoms with Crippen LogP contribution in [0.3, 0.4) is 0 Å². The Balaban J connectivity index is 1.61. The van der Waals surface area contributed by atoms with Crippen LogP contribution in [0.4, 0.5) is 5.69 Å². The van der Waals surface area contributed by atoms with Crippen LogP contribution in [0.1, 0.15) is 22.3 Å². The summed E-state index contributed by atoms with van der Waals surface area (Å²) in [5.41, 5.74) is 5.64. The van der Waals surface area contributed by atoms with Crippen molar-refractivity contribution in [3.8, 4) is 11.5 Å². The number of fused-ring (bicyclic) bond motifs is 2. The number of sulfonamides is 1. The highest BCUT2D eigenvalue weighted by Gasteiger charge is 2.23. The Bertz CT molecular complexity index is 1550. The number of ether oxygens (including phenoxy) is 2. The molecule has 7 heteroatoms. The Morgan fingerprint density at radius 3 is 2.39 bits per heavy atom. The second kappa shape index (κ2) is 10.1. The average molecular weight is 516 g/mol. The van der Waals surface area contributed by atoms with Gasteiger partial charge in [-0.3, -0.25) is 4.72 Å². The SMILES string of the molecule is COc1ccc2c(c1OC)CSc1ccccc1C2=Cc1cccc(NS(=O)(=O)c2ccccc2)c1. The molecule has 0 atom stereocenters. The first kappa shape index (κ1) is 24.0. The molecule has 0 unspecified atom stereocenters. The summed E-state index contributed by atoms with van der Waals surface area (Å²) in [5.74, 6) is 2.16. The third-order valence-electron chi connectivity index (χ3n) is 5.99. The Morgan fingerprint density at radius 2 is 1.61 bits per heavy atom. The molecule has 1 heterocycles. The summed E-state index contributed by atoms with van der Waals surface area (Å²) < 4.78 is 39.7. The van der Waals surface area contributed by atoms with Gasteiger partial charge in [-0.1, -0.05) is 54.6 Å². The van der Waals surface area contributed by atoms with Gasteiger partial charge < -0.3 is 9.47 Å². The Labute approximate surface area is 215 Å². The molecule has 0 saturated carbocycles. The van der Waals surface area contributed by atoms with E-state index in [1.807, 2.05) is 36.4 Å². The number of hydrogen-bond donors (Lipinski definition) is 1. The van der Waals surface area contributed by atoms with Crippen molar-refractivity contribution in [2.75, 3.05) is 18.9 Å². The summed E-state index contributed by atoms with van der Waals surface area (Å²) >= 11 is 1.76. The lowest BCUT2D eigenvalue weighted by Crippen LogP contribution is -2.12. The van der Waals surface area contributed by atoms with Gasteiger partial charge in [0.05, 0.1) is 19.1 Å². The summed E-state index contributed by atoms with van der Waals surface area (Å²) in [7, 11) is -0.388. The third-order valence-corrected chi connectivity index (χ3v) is 8.49. The summed E-state index contributed by atoms with van der Waals surface area (Å²) in [6.07, 6.45) is 2.09. The lowest BCUT2D eigenvalue weighted by Gasteiger charge is -2.17. The van der Waals surface area contributed by atoms with Crippen LogP contribution in [-0.4, -0.2) is 22.6 Å². The summed E-state index contributed by atoms with van der Waals surface area (Å²) in [6, 6.07) is 28.1. The van der Waals surface area contributed by atoms with Gasteiger partial charge in [-0.25, -0.2) is 8.42 Å². The van der Waals surface area contributed by atoms with Crippen LogP contribution < -0.4 is 14.2 Å². The zero-order valence-electron chi connectivity index (χ0n) is 19.9. The zero-order chi connectivity index (χ0) is 25.1. The minimum Gasteiger partial charge on any atom is -0.493 e. The Kier molecular flexibility index (Phi) is 6.76. The predicted octanol–water partition coefficient (Wildman–Crippen LogP) is 6.70. The van der Waals surface area contributed by atoms with Gasteiger partial charge in [-0.05, 0) is 64.7 Å². The topological polar surface area (TPSA) is 64.6 Å². The van der Waals surface area contributed by atoms with Crippen LogP contribution >= 0.6 is 11.8 Å². The molecule has 5 nitrogen and oxygen atoms in total. The van der Waals surface area contributed by atoms with Gasteiger partial charge in [0.2, 0.25) is 0 Å². The van der Waals surface area contributed by atoms with Crippen molar-refractivity contribution in [3.63, 3.8) is 0 Å². The number of methoxy groups -OCH3 is 2. The van der Waals surface area contributed by atoms with E-state index in [0.717, 1.165) is 39.3 Å². The molecule has 0 amide bonds. The smallest absolute Gasteiger partial charge is 0.261 e. The van der Waals surface area contributed by atoms with E-state index in [1.54, 1.807) is 62.4 Å². The van der Waals surface area contributed by atoms with Crippen LogP contribution in [-0.2, 0) is 15.8 Å². The summed E-state index contributed by atoms with van der Waals surface area (Å²) in [4.78, 5) is 1.39. The van der Waals surface area contributed by atoms with E-state index < -0.39 is 10.0 Å². The second-order valence-corrected chi connectivity index (χ2v) is 10.9. The van der Waals surface area contributed by atoms with Crippen LogP contribution in [0.5, 0.6) is 11.5 Å². The van der Waals surface area contributed by atoms with Crippen molar-refractivity contribution in [2.45, 2.75) is 15.5 Å². The Morgan fingerprint density at radius 1 is 0.833 bits per heavy atom. The first-order chi connectivity index (χ1) is 17.5. The number of anilines is 1. The van der Waals surface area contributed by atoms with Crippen molar-refractivity contribution in [2.24, 2.45) is 0 Å². The average Bonchev–Trinajstić information content (AvgIpc) is 3.05. The van der Waals surface area contributed by atoms with E-state index in [9.17, 15) is 8.42 Å². The van der Waals surface area contributed by atoms with E-state index in [-0.39, 0.29) is 4.90 Å². The van der Waals surface area contributed by atoms with Gasteiger partial charge >= 0.3 is 0 Å². The molecular formula is C29H25NO4S2. The van der Waals surface area contributed by atoms with Crippen molar-refractivity contribution < 1.29 is 17.9 Å². The monoisotopic (exact) mass is 515 g/mol. The van der Waals surface area contributed by atoms with Gasteiger partial charge in [0, 0.05) is 21.9 Å². The maximum Gasteiger partial charge on any atom is 0.261 e. The van der Waals surface area contributed by atoms with Crippen molar-refractivity contribution in [1.82, 2.24) is 0 Å². The molecule has 4 aromatic carbocycles. The fraction of sp³-hybridized carbons (Fsp3) is 0.103. The maximum atomic E-state index is 12.9. The first-order valence-corrected chi connectivity index (χ1v) is 13.8. The fourth-order valence-electron chi connectivity index (χ4n) is 4.32. The molecule has 0 saturated heterocycles.